The Hall–Kier alpha value is -1.39. The van der Waals surface area contributed by atoms with Crippen molar-refractivity contribution >= 4 is 5.78 Å². The molecule has 1 heterocycles. The first kappa shape index (κ1) is 16.0. The molecule has 4 heteroatoms. The van der Waals surface area contributed by atoms with Crippen LogP contribution in [0.5, 0.6) is 5.75 Å². The highest BCUT2D eigenvalue weighted by Gasteiger charge is 2.19. The average molecular weight is 291 g/mol. The maximum Gasteiger partial charge on any atom is 0.176 e. The lowest BCUT2D eigenvalue weighted by Gasteiger charge is -2.27. The summed E-state index contributed by atoms with van der Waals surface area (Å²) in [5.74, 6) is 1.09. The van der Waals surface area contributed by atoms with Crippen LogP contribution in [0, 0.1) is 0 Å². The zero-order valence-electron chi connectivity index (χ0n) is 13.2. The van der Waals surface area contributed by atoms with E-state index < -0.39 is 0 Å². The lowest BCUT2D eigenvalue weighted by atomic mass is 10.0. The van der Waals surface area contributed by atoms with Crippen molar-refractivity contribution in [3.63, 3.8) is 0 Å². The minimum Gasteiger partial charge on any atom is -0.493 e. The van der Waals surface area contributed by atoms with Crippen molar-refractivity contribution in [3.8, 4) is 5.75 Å². The Morgan fingerprint density at radius 3 is 3.00 bits per heavy atom. The van der Waals surface area contributed by atoms with Crippen molar-refractivity contribution in [1.29, 1.82) is 0 Å². The lowest BCUT2D eigenvalue weighted by Crippen LogP contribution is -2.39. The van der Waals surface area contributed by atoms with Crippen LogP contribution in [0.1, 0.15) is 36.2 Å². The molecule has 4 nitrogen and oxygen atoms in total. The molecule has 1 aromatic carbocycles. The van der Waals surface area contributed by atoms with Gasteiger partial charge in [-0.25, -0.2) is 0 Å². The smallest absolute Gasteiger partial charge is 0.176 e. The summed E-state index contributed by atoms with van der Waals surface area (Å²) >= 11 is 0. The molecule has 0 amide bonds. The van der Waals surface area contributed by atoms with Crippen molar-refractivity contribution < 1.29 is 14.3 Å². The molecule has 21 heavy (non-hydrogen) atoms. The molecule has 0 saturated carbocycles. The molecule has 1 atom stereocenters. The van der Waals surface area contributed by atoms with Gasteiger partial charge < -0.3 is 9.47 Å². The number of carbonyl (C=O) groups is 1. The minimum absolute atomic E-state index is 0.168. The zero-order valence-corrected chi connectivity index (χ0v) is 13.2. The Morgan fingerprint density at radius 2 is 2.29 bits per heavy atom. The third-order valence-corrected chi connectivity index (χ3v) is 4.15. The van der Waals surface area contributed by atoms with Gasteiger partial charge in [-0.3, -0.25) is 9.69 Å². The molecule has 0 fully saturated rings. The zero-order chi connectivity index (χ0) is 15.2. The Morgan fingerprint density at radius 1 is 1.48 bits per heavy atom. The van der Waals surface area contributed by atoms with Gasteiger partial charge in [0.25, 0.3) is 0 Å². The van der Waals surface area contributed by atoms with Crippen LogP contribution in [0.15, 0.2) is 18.2 Å². The predicted octanol–water partition coefficient (Wildman–Crippen LogP) is 2.55. The maximum atomic E-state index is 12.5. The first-order chi connectivity index (χ1) is 10.2. The van der Waals surface area contributed by atoms with E-state index in [2.05, 4.69) is 18.7 Å². The number of carbonyl (C=O) groups excluding carboxylic acids is 1. The lowest BCUT2D eigenvalue weighted by molar-refractivity contribution is 0.0834. The average Bonchev–Trinajstić information content (AvgIpc) is 2.97. The standard InChI is InChI=1S/C17H25NO3/c1-4-13(2)18(8-10-20-3)12-16(19)14-5-6-17-15(11-14)7-9-21-17/h5-6,11,13H,4,7-10,12H2,1-3H3. The molecule has 0 radical (unpaired) electrons. The van der Waals surface area contributed by atoms with E-state index in [1.807, 2.05) is 18.2 Å². The van der Waals surface area contributed by atoms with E-state index in [0.29, 0.717) is 19.2 Å². The van der Waals surface area contributed by atoms with Crippen LogP contribution in [0.2, 0.25) is 0 Å². The second kappa shape index (κ2) is 7.57. The van der Waals surface area contributed by atoms with E-state index in [1.54, 1.807) is 7.11 Å². The van der Waals surface area contributed by atoms with Crippen LogP contribution >= 0.6 is 0 Å². The van der Waals surface area contributed by atoms with E-state index >= 15 is 0 Å². The third kappa shape index (κ3) is 4.05. The molecular formula is C17H25NO3. The largest absolute Gasteiger partial charge is 0.493 e. The Labute approximate surface area is 127 Å². The van der Waals surface area contributed by atoms with Crippen LogP contribution in [-0.4, -0.2) is 50.1 Å². The van der Waals surface area contributed by atoms with Gasteiger partial charge in [0.1, 0.15) is 5.75 Å². The molecule has 116 valence electrons. The molecule has 1 aliphatic heterocycles. The summed E-state index contributed by atoms with van der Waals surface area (Å²) in [4.78, 5) is 14.7. The molecule has 0 N–H and O–H groups in total. The van der Waals surface area contributed by atoms with E-state index in [-0.39, 0.29) is 5.78 Å². The summed E-state index contributed by atoms with van der Waals surface area (Å²) in [7, 11) is 1.69. The third-order valence-electron chi connectivity index (χ3n) is 4.15. The van der Waals surface area contributed by atoms with Gasteiger partial charge in [-0.2, -0.15) is 0 Å². The normalized spacial score (nSPS) is 14.9. The molecule has 1 aromatic rings. The van der Waals surface area contributed by atoms with Crippen LogP contribution in [0.25, 0.3) is 0 Å². The number of hydrogen-bond acceptors (Lipinski definition) is 4. The summed E-state index contributed by atoms with van der Waals surface area (Å²) in [6.45, 7) is 6.89. The first-order valence-corrected chi connectivity index (χ1v) is 7.67. The SMILES string of the molecule is CCC(C)N(CCOC)CC(=O)c1ccc2c(c1)CCO2. The minimum atomic E-state index is 0.168. The molecular weight excluding hydrogens is 266 g/mol. The van der Waals surface area contributed by atoms with Gasteiger partial charge in [0, 0.05) is 31.7 Å². The van der Waals surface area contributed by atoms with Crippen molar-refractivity contribution in [2.24, 2.45) is 0 Å². The molecule has 1 unspecified atom stereocenters. The number of nitrogens with zero attached hydrogens (tertiary/aromatic N) is 1. The summed E-state index contributed by atoms with van der Waals surface area (Å²) in [6, 6.07) is 6.15. The first-order valence-electron chi connectivity index (χ1n) is 7.67. The molecule has 0 saturated heterocycles. The van der Waals surface area contributed by atoms with Gasteiger partial charge in [-0.05, 0) is 37.1 Å². The number of ether oxygens (including phenoxy) is 2. The molecule has 1 aliphatic rings. The molecule has 2 rings (SSSR count). The number of benzene rings is 1. The van der Waals surface area contributed by atoms with Gasteiger partial charge in [0.05, 0.1) is 19.8 Å². The van der Waals surface area contributed by atoms with Gasteiger partial charge in [-0.15, -0.1) is 0 Å². The molecule has 0 spiro atoms. The van der Waals surface area contributed by atoms with Crippen LogP contribution in [0.4, 0.5) is 0 Å². The fourth-order valence-corrected chi connectivity index (χ4v) is 2.56. The second-order valence-electron chi connectivity index (χ2n) is 5.56. The molecule has 0 bridgehead atoms. The van der Waals surface area contributed by atoms with Crippen molar-refractivity contribution in [2.45, 2.75) is 32.7 Å². The quantitative estimate of drug-likeness (QED) is 0.690. The molecule has 0 aliphatic carbocycles. The highest BCUT2D eigenvalue weighted by atomic mass is 16.5. The van der Waals surface area contributed by atoms with Gasteiger partial charge >= 0.3 is 0 Å². The van der Waals surface area contributed by atoms with E-state index in [4.69, 9.17) is 9.47 Å². The van der Waals surface area contributed by atoms with E-state index in [1.165, 1.54) is 0 Å². The maximum absolute atomic E-state index is 12.5. The Bertz CT molecular complexity index is 487. The topological polar surface area (TPSA) is 38.8 Å². The number of hydrogen-bond donors (Lipinski definition) is 0. The van der Waals surface area contributed by atoms with Crippen LogP contribution in [0.3, 0.4) is 0 Å². The van der Waals surface area contributed by atoms with E-state index in [9.17, 15) is 4.79 Å². The highest BCUT2D eigenvalue weighted by Crippen LogP contribution is 2.26. The number of methoxy groups -OCH3 is 1. The fraction of sp³-hybridized carbons (Fsp3) is 0.588. The Kier molecular flexibility index (Phi) is 5.76. The number of ketones is 1. The van der Waals surface area contributed by atoms with Crippen LogP contribution < -0.4 is 4.74 Å². The van der Waals surface area contributed by atoms with Crippen molar-refractivity contribution in [1.82, 2.24) is 4.90 Å². The summed E-state index contributed by atoms with van der Waals surface area (Å²) in [6.07, 6.45) is 1.92. The summed E-state index contributed by atoms with van der Waals surface area (Å²) < 4.78 is 10.6. The highest BCUT2D eigenvalue weighted by molar-refractivity contribution is 5.98. The molecule has 0 aromatic heterocycles. The fourth-order valence-electron chi connectivity index (χ4n) is 2.56. The van der Waals surface area contributed by atoms with Crippen molar-refractivity contribution in [3.05, 3.63) is 29.3 Å². The number of fused-ring (bicyclic) bond motifs is 1. The van der Waals surface area contributed by atoms with Crippen molar-refractivity contribution in [2.75, 3.05) is 33.4 Å². The number of Topliss-reactive ketones (excluding diaryl/α,β-unsaturated/α-hetero) is 1. The Balaban J connectivity index is 2.04. The van der Waals surface area contributed by atoms with E-state index in [0.717, 1.165) is 42.9 Å². The van der Waals surface area contributed by atoms with Gasteiger partial charge in [-0.1, -0.05) is 6.92 Å². The summed E-state index contributed by atoms with van der Waals surface area (Å²) in [5.41, 5.74) is 1.93. The van der Waals surface area contributed by atoms with Gasteiger partial charge in [0.15, 0.2) is 5.78 Å². The summed E-state index contributed by atoms with van der Waals surface area (Å²) in [5, 5.41) is 0. The monoisotopic (exact) mass is 291 g/mol. The second-order valence-corrected chi connectivity index (χ2v) is 5.56. The van der Waals surface area contributed by atoms with Gasteiger partial charge in [0.2, 0.25) is 0 Å². The number of rotatable bonds is 8. The predicted molar refractivity (Wildman–Crippen MR) is 83.2 cm³/mol. The van der Waals surface area contributed by atoms with Crippen LogP contribution in [-0.2, 0) is 11.2 Å².